The van der Waals surface area contributed by atoms with E-state index in [1.54, 1.807) is 0 Å². The molecule has 0 bridgehead atoms. The summed E-state index contributed by atoms with van der Waals surface area (Å²) in [5.41, 5.74) is 13.2. The van der Waals surface area contributed by atoms with Crippen LogP contribution in [0.1, 0.15) is 0 Å². The highest BCUT2D eigenvalue weighted by Gasteiger charge is 2.23. The summed E-state index contributed by atoms with van der Waals surface area (Å²) in [6.45, 7) is 0. The van der Waals surface area contributed by atoms with E-state index in [0.29, 0.717) is 0 Å². The average molecular weight is 703 g/mol. The van der Waals surface area contributed by atoms with E-state index in [0.717, 1.165) is 77.7 Å². The van der Waals surface area contributed by atoms with Crippen LogP contribution < -0.4 is 4.90 Å². The molecule has 0 spiro atoms. The minimum absolute atomic E-state index is 0.914. The van der Waals surface area contributed by atoms with Gasteiger partial charge in [0.1, 0.15) is 11.2 Å². The molecule has 11 rings (SSSR count). The summed E-state index contributed by atoms with van der Waals surface area (Å²) in [7, 11) is 0. The van der Waals surface area contributed by atoms with Crippen LogP contribution in [0.25, 0.3) is 82.5 Å². The third-order valence-corrected chi connectivity index (χ3v) is 11.0. The van der Waals surface area contributed by atoms with Crippen molar-refractivity contribution < 1.29 is 4.42 Å². The van der Waals surface area contributed by atoms with Gasteiger partial charge in [-0.1, -0.05) is 146 Å². The van der Waals surface area contributed by atoms with E-state index >= 15 is 0 Å². The van der Waals surface area contributed by atoms with E-state index in [-0.39, 0.29) is 0 Å². The van der Waals surface area contributed by atoms with Gasteiger partial charge in [-0.25, -0.2) is 0 Å². The second-order valence-electron chi connectivity index (χ2n) is 14.1. The number of benzene rings is 9. The van der Waals surface area contributed by atoms with Crippen LogP contribution in [-0.2, 0) is 0 Å². The molecule has 0 atom stereocenters. The second-order valence-corrected chi connectivity index (χ2v) is 14.1. The minimum Gasteiger partial charge on any atom is -0.455 e. The molecule has 0 aliphatic rings. The van der Waals surface area contributed by atoms with E-state index in [9.17, 15) is 0 Å². The SMILES string of the molecule is c1ccc(-c2ccccc2N(c2ccc(-c3ccc4ccc5c6ccccc6oc5c4c3)cc2)c2cccc3c4ccccc4n(-c4ccccc4)c23)cc1. The summed E-state index contributed by atoms with van der Waals surface area (Å²) >= 11 is 0. The Bertz CT molecular complexity index is 3190. The summed E-state index contributed by atoms with van der Waals surface area (Å²) in [5.74, 6) is 0. The number of para-hydroxylation sites is 5. The van der Waals surface area contributed by atoms with Crippen molar-refractivity contribution in [1.29, 1.82) is 0 Å². The lowest BCUT2D eigenvalue weighted by Crippen LogP contribution is -2.12. The van der Waals surface area contributed by atoms with Crippen molar-refractivity contribution in [1.82, 2.24) is 4.57 Å². The fourth-order valence-electron chi connectivity index (χ4n) is 8.45. The zero-order chi connectivity index (χ0) is 36.3. The normalized spacial score (nSPS) is 11.6. The van der Waals surface area contributed by atoms with Gasteiger partial charge in [-0.15, -0.1) is 0 Å². The average Bonchev–Trinajstić information content (AvgIpc) is 3.82. The fourth-order valence-corrected chi connectivity index (χ4v) is 8.45. The van der Waals surface area contributed by atoms with Gasteiger partial charge in [0, 0.05) is 43.9 Å². The van der Waals surface area contributed by atoms with Crippen molar-refractivity contribution >= 4 is 71.6 Å². The van der Waals surface area contributed by atoms with Gasteiger partial charge in [0.25, 0.3) is 0 Å². The largest absolute Gasteiger partial charge is 0.455 e. The van der Waals surface area contributed by atoms with E-state index in [2.05, 4.69) is 204 Å². The molecule has 11 aromatic rings. The summed E-state index contributed by atoms with van der Waals surface area (Å²) < 4.78 is 8.86. The molecule has 3 heteroatoms. The van der Waals surface area contributed by atoms with Crippen LogP contribution in [-0.4, -0.2) is 4.57 Å². The summed E-state index contributed by atoms with van der Waals surface area (Å²) in [4.78, 5) is 2.44. The van der Waals surface area contributed by atoms with Crippen LogP contribution in [0.2, 0.25) is 0 Å². The first-order valence-corrected chi connectivity index (χ1v) is 18.8. The van der Waals surface area contributed by atoms with Crippen molar-refractivity contribution in [3.63, 3.8) is 0 Å². The number of fused-ring (bicyclic) bond motifs is 8. The molecule has 258 valence electrons. The molecule has 0 aliphatic heterocycles. The Morgan fingerprint density at radius 2 is 1.05 bits per heavy atom. The molecule has 2 aromatic heterocycles. The van der Waals surface area contributed by atoms with Gasteiger partial charge < -0.3 is 13.9 Å². The fraction of sp³-hybridized carbons (Fsp3) is 0. The maximum atomic E-state index is 6.44. The molecule has 0 fully saturated rings. The monoisotopic (exact) mass is 702 g/mol. The predicted octanol–water partition coefficient (Wildman–Crippen LogP) is 14.6. The lowest BCUT2D eigenvalue weighted by atomic mass is 9.98. The first-order chi connectivity index (χ1) is 27.3. The van der Waals surface area contributed by atoms with E-state index < -0.39 is 0 Å². The standard InChI is InChI=1S/C52H34N2O/c1-3-14-36(15-4-1)41-18-7-10-22-47(41)53(49-24-13-21-44-42-19-8-11-23-48(42)54(51(44)49)39-16-5-2-6-17-39)40-31-28-35(29-32-40)38-27-26-37-30-33-45-43-20-9-12-25-50(43)55-52(45)46(37)34-38/h1-34H. The van der Waals surface area contributed by atoms with Crippen LogP contribution in [0, 0.1) is 0 Å². The van der Waals surface area contributed by atoms with E-state index in [4.69, 9.17) is 4.42 Å². The van der Waals surface area contributed by atoms with Crippen LogP contribution in [0.3, 0.4) is 0 Å². The zero-order valence-electron chi connectivity index (χ0n) is 29.9. The Morgan fingerprint density at radius 3 is 1.91 bits per heavy atom. The second kappa shape index (κ2) is 12.6. The van der Waals surface area contributed by atoms with Crippen molar-refractivity contribution in [3.05, 3.63) is 206 Å². The van der Waals surface area contributed by atoms with Gasteiger partial charge in [-0.05, 0) is 82.7 Å². The molecule has 55 heavy (non-hydrogen) atoms. The maximum absolute atomic E-state index is 6.44. The first-order valence-electron chi connectivity index (χ1n) is 18.8. The summed E-state index contributed by atoms with van der Waals surface area (Å²) in [6, 6.07) is 74.0. The predicted molar refractivity (Wildman–Crippen MR) is 231 cm³/mol. The summed E-state index contributed by atoms with van der Waals surface area (Å²) in [6.07, 6.45) is 0. The zero-order valence-corrected chi connectivity index (χ0v) is 29.9. The number of aromatic nitrogens is 1. The number of rotatable bonds is 6. The third kappa shape index (κ3) is 5.05. The van der Waals surface area contributed by atoms with Crippen LogP contribution in [0.4, 0.5) is 17.1 Å². The minimum atomic E-state index is 0.914. The number of hydrogen-bond donors (Lipinski definition) is 0. The summed E-state index contributed by atoms with van der Waals surface area (Å²) in [5, 5.41) is 7.01. The molecule has 0 saturated heterocycles. The molecular formula is C52H34N2O. The first kappa shape index (κ1) is 31.2. The number of anilines is 3. The molecule has 0 N–H and O–H groups in total. The number of nitrogens with zero attached hydrogens (tertiary/aromatic N) is 2. The maximum Gasteiger partial charge on any atom is 0.143 e. The van der Waals surface area contributed by atoms with Gasteiger partial charge in [-0.3, -0.25) is 0 Å². The molecule has 9 aromatic carbocycles. The topological polar surface area (TPSA) is 21.3 Å². The van der Waals surface area contributed by atoms with Crippen molar-refractivity contribution in [2.75, 3.05) is 4.90 Å². The molecule has 0 amide bonds. The van der Waals surface area contributed by atoms with Gasteiger partial charge in [0.2, 0.25) is 0 Å². The van der Waals surface area contributed by atoms with Gasteiger partial charge in [-0.2, -0.15) is 0 Å². The highest BCUT2D eigenvalue weighted by molar-refractivity contribution is 6.16. The van der Waals surface area contributed by atoms with Crippen LogP contribution >= 0.6 is 0 Å². The third-order valence-electron chi connectivity index (χ3n) is 11.0. The smallest absolute Gasteiger partial charge is 0.143 e. The lowest BCUT2D eigenvalue weighted by Gasteiger charge is -2.29. The van der Waals surface area contributed by atoms with Gasteiger partial charge in [0.05, 0.1) is 22.4 Å². The lowest BCUT2D eigenvalue weighted by molar-refractivity contribution is 0.672. The highest BCUT2D eigenvalue weighted by atomic mass is 16.3. The van der Waals surface area contributed by atoms with Gasteiger partial charge >= 0.3 is 0 Å². The number of hydrogen-bond acceptors (Lipinski definition) is 2. The molecule has 0 aliphatic carbocycles. The Hall–Kier alpha value is -7.36. The van der Waals surface area contributed by atoms with Crippen LogP contribution in [0.5, 0.6) is 0 Å². The molecule has 0 unspecified atom stereocenters. The van der Waals surface area contributed by atoms with Crippen molar-refractivity contribution in [3.8, 4) is 27.9 Å². The Labute approximate surface area is 318 Å². The van der Waals surface area contributed by atoms with Crippen molar-refractivity contribution in [2.45, 2.75) is 0 Å². The quantitative estimate of drug-likeness (QED) is 0.172. The molecule has 2 heterocycles. The Morgan fingerprint density at radius 1 is 0.400 bits per heavy atom. The Balaban J connectivity index is 1.13. The van der Waals surface area contributed by atoms with Crippen molar-refractivity contribution in [2.24, 2.45) is 0 Å². The molecule has 3 nitrogen and oxygen atoms in total. The van der Waals surface area contributed by atoms with Crippen LogP contribution in [0.15, 0.2) is 211 Å². The van der Waals surface area contributed by atoms with E-state index in [1.807, 2.05) is 12.1 Å². The van der Waals surface area contributed by atoms with Gasteiger partial charge in [0.15, 0.2) is 0 Å². The molecule has 0 radical (unpaired) electrons. The molecular weight excluding hydrogens is 669 g/mol. The Kier molecular flexibility index (Phi) is 7.17. The van der Waals surface area contributed by atoms with E-state index in [1.165, 1.54) is 21.9 Å². The molecule has 0 saturated carbocycles. The highest BCUT2D eigenvalue weighted by Crippen LogP contribution is 2.46. The number of furan rings is 1.